The molecule has 0 aromatic heterocycles. The summed E-state index contributed by atoms with van der Waals surface area (Å²) >= 11 is 0. The van der Waals surface area contributed by atoms with Crippen LogP contribution in [0.3, 0.4) is 0 Å². The maximum absolute atomic E-state index is 12.3. The lowest BCUT2D eigenvalue weighted by atomic mass is 10.00. The van der Waals surface area contributed by atoms with E-state index in [2.05, 4.69) is 34.4 Å². The van der Waals surface area contributed by atoms with Crippen molar-refractivity contribution < 1.29 is 4.79 Å². The molecule has 0 aliphatic carbocycles. The minimum Gasteiger partial charge on any atom is -0.356 e. The van der Waals surface area contributed by atoms with Gasteiger partial charge in [0.2, 0.25) is 5.91 Å². The Labute approximate surface area is 159 Å². The van der Waals surface area contributed by atoms with Gasteiger partial charge in [0, 0.05) is 52.2 Å². The fraction of sp³-hybridized carbons (Fsp3) is 0.900. The molecule has 2 unspecified atom stereocenters. The highest BCUT2D eigenvalue weighted by Gasteiger charge is 2.20. The van der Waals surface area contributed by atoms with Crippen molar-refractivity contribution in [3.05, 3.63) is 0 Å². The Hall–Kier alpha value is -1.30. The minimum absolute atomic E-state index is 0.263. The van der Waals surface area contributed by atoms with Gasteiger partial charge in [-0.05, 0) is 51.5 Å². The summed E-state index contributed by atoms with van der Waals surface area (Å²) in [5.74, 6) is 1.70. The highest BCUT2D eigenvalue weighted by molar-refractivity contribution is 5.81. The molecule has 0 saturated carbocycles. The third kappa shape index (κ3) is 7.14. The Kier molecular flexibility index (Phi) is 9.23. The second kappa shape index (κ2) is 11.4. The second-order valence-electron chi connectivity index (χ2n) is 8.00. The Morgan fingerprint density at radius 1 is 1.08 bits per heavy atom. The Morgan fingerprint density at radius 3 is 2.62 bits per heavy atom. The van der Waals surface area contributed by atoms with Crippen molar-refractivity contribution in [2.45, 2.75) is 64.8 Å². The number of nitrogens with one attached hydrogen (secondary N) is 2. The number of piperidine rings is 2. The fourth-order valence-corrected chi connectivity index (χ4v) is 4.06. The standard InChI is InChI=1S/C20H39N5O/c1-17-8-6-14-25(16-17)19(26)10-12-23-20(21-3)22-11-7-15-24-13-5-4-9-18(24)2/h17-18H,4-16H2,1-3H3,(H2,21,22,23). The minimum atomic E-state index is 0.263. The summed E-state index contributed by atoms with van der Waals surface area (Å²) in [5, 5.41) is 6.65. The van der Waals surface area contributed by atoms with Gasteiger partial charge in [-0.2, -0.15) is 0 Å². The quantitative estimate of drug-likeness (QED) is 0.412. The van der Waals surface area contributed by atoms with Crippen LogP contribution in [0.25, 0.3) is 0 Å². The van der Waals surface area contributed by atoms with Gasteiger partial charge in [0.15, 0.2) is 5.96 Å². The number of likely N-dealkylation sites (tertiary alicyclic amines) is 2. The smallest absolute Gasteiger partial charge is 0.224 e. The first-order chi connectivity index (χ1) is 12.6. The van der Waals surface area contributed by atoms with E-state index in [4.69, 9.17) is 0 Å². The van der Waals surface area contributed by atoms with Gasteiger partial charge in [-0.3, -0.25) is 9.79 Å². The van der Waals surface area contributed by atoms with Crippen LogP contribution >= 0.6 is 0 Å². The maximum Gasteiger partial charge on any atom is 0.224 e. The Morgan fingerprint density at radius 2 is 1.88 bits per heavy atom. The largest absolute Gasteiger partial charge is 0.356 e. The summed E-state index contributed by atoms with van der Waals surface area (Å²) in [6.07, 6.45) is 8.09. The van der Waals surface area contributed by atoms with E-state index < -0.39 is 0 Å². The van der Waals surface area contributed by atoms with Crippen LogP contribution in [0.4, 0.5) is 0 Å². The van der Waals surface area contributed by atoms with Gasteiger partial charge < -0.3 is 20.4 Å². The fourth-order valence-electron chi connectivity index (χ4n) is 4.06. The molecule has 0 bridgehead atoms. The summed E-state index contributed by atoms with van der Waals surface area (Å²) in [6.45, 7) is 10.4. The Balaban J connectivity index is 1.56. The van der Waals surface area contributed by atoms with Crippen LogP contribution in [0.15, 0.2) is 4.99 Å². The van der Waals surface area contributed by atoms with Crippen LogP contribution in [0.2, 0.25) is 0 Å². The van der Waals surface area contributed by atoms with E-state index in [1.165, 1.54) is 32.2 Å². The number of hydrogen-bond acceptors (Lipinski definition) is 3. The molecule has 2 N–H and O–H groups in total. The summed E-state index contributed by atoms with van der Waals surface area (Å²) in [4.78, 5) is 21.2. The summed E-state index contributed by atoms with van der Waals surface area (Å²) < 4.78 is 0. The third-order valence-corrected chi connectivity index (χ3v) is 5.72. The molecule has 2 rings (SSSR count). The van der Waals surface area contributed by atoms with Gasteiger partial charge in [0.05, 0.1) is 0 Å². The predicted molar refractivity (Wildman–Crippen MR) is 108 cm³/mol. The number of carbonyl (C=O) groups excluding carboxylic acids is 1. The number of nitrogens with zero attached hydrogens (tertiary/aromatic N) is 3. The average Bonchev–Trinajstić information content (AvgIpc) is 2.64. The number of aliphatic imine (C=N–C) groups is 1. The van der Waals surface area contributed by atoms with Crippen LogP contribution in [-0.2, 0) is 4.79 Å². The van der Waals surface area contributed by atoms with Crippen LogP contribution < -0.4 is 10.6 Å². The number of rotatable bonds is 7. The molecular formula is C20H39N5O. The van der Waals surface area contributed by atoms with E-state index in [0.717, 1.165) is 51.0 Å². The number of hydrogen-bond donors (Lipinski definition) is 2. The van der Waals surface area contributed by atoms with Crippen LogP contribution in [0.5, 0.6) is 0 Å². The van der Waals surface area contributed by atoms with Gasteiger partial charge >= 0.3 is 0 Å². The lowest BCUT2D eigenvalue weighted by Gasteiger charge is -2.33. The molecule has 2 heterocycles. The van der Waals surface area contributed by atoms with Gasteiger partial charge in [0.25, 0.3) is 0 Å². The van der Waals surface area contributed by atoms with Crippen LogP contribution in [-0.4, -0.2) is 74.0 Å². The van der Waals surface area contributed by atoms with E-state index in [1.54, 1.807) is 7.05 Å². The molecule has 0 radical (unpaired) electrons. The van der Waals surface area contributed by atoms with E-state index in [1.807, 2.05) is 4.90 Å². The first-order valence-corrected chi connectivity index (χ1v) is 10.6. The molecule has 1 amide bonds. The monoisotopic (exact) mass is 365 g/mol. The molecule has 2 fully saturated rings. The highest BCUT2D eigenvalue weighted by Crippen LogP contribution is 2.16. The van der Waals surface area contributed by atoms with E-state index in [9.17, 15) is 4.79 Å². The first kappa shape index (κ1) is 21.0. The first-order valence-electron chi connectivity index (χ1n) is 10.6. The van der Waals surface area contributed by atoms with Crippen molar-refractivity contribution in [1.29, 1.82) is 0 Å². The zero-order valence-corrected chi connectivity index (χ0v) is 17.1. The second-order valence-corrected chi connectivity index (χ2v) is 8.00. The molecule has 2 atom stereocenters. The molecule has 0 aromatic rings. The van der Waals surface area contributed by atoms with Crippen molar-refractivity contribution >= 4 is 11.9 Å². The molecule has 6 heteroatoms. The van der Waals surface area contributed by atoms with Crippen molar-refractivity contribution in [2.75, 3.05) is 46.3 Å². The molecule has 6 nitrogen and oxygen atoms in total. The summed E-state index contributed by atoms with van der Waals surface area (Å²) in [5.41, 5.74) is 0. The molecule has 2 aliphatic heterocycles. The van der Waals surface area contributed by atoms with Crippen molar-refractivity contribution in [3.63, 3.8) is 0 Å². The van der Waals surface area contributed by atoms with Crippen molar-refractivity contribution in [3.8, 4) is 0 Å². The van der Waals surface area contributed by atoms with E-state index in [-0.39, 0.29) is 5.91 Å². The summed E-state index contributed by atoms with van der Waals surface area (Å²) in [7, 11) is 1.79. The molecule has 2 aliphatic rings. The number of carbonyl (C=O) groups is 1. The zero-order valence-electron chi connectivity index (χ0n) is 17.1. The zero-order chi connectivity index (χ0) is 18.8. The molecule has 0 spiro atoms. The van der Waals surface area contributed by atoms with Crippen molar-refractivity contribution in [2.24, 2.45) is 10.9 Å². The van der Waals surface area contributed by atoms with Crippen molar-refractivity contribution in [1.82, 2.24) is 20.4 Å². The molecule has 0 aromatic carbocycles. The van der Waals surface area contributed by atoms with E-state index in [0.29, 0.717) is 18.9 Å². The third-order valence-electron chi connectivity index (χ3n) is 5.72. The lowest BCUT2D eigenvalue weighted by Crippen LogP contribution is -2.43. The lowest BCUT2D eigenvalue weighted by molar-refractivity contribution is -0.132. The number of amides is 1. The normalized spacial score (nSPS) is 25.2. The Bertz CT molecular complexity index is 453. The van der Waals surface area contributed by atoms with E-state index >= 15 is 0 Å². The molecule has 2 saturated heterocycles. The molecular weight excluding hydrogens is 326 g/mol. The SMILES string of the molecule is CN=C(NCCCN1CCCCC1C)NCCC(=O)N1CCCC(C)C1. The summed E-state index contributed by atoms with van der Waals surface area (Å²) in [6, 6.07) is 0.727. The van der Waals surface area contributed by atoms with Gasteiger partial charge in [-0.1, -0.05) is 13.3 Å². The highest BCUT2D eigenvalue weighted by atomic mass is 16.2. The number of guanidine groups is 1. The molecule has 150 valence electrons. The predicted octanol–water partition coefficient (Wildman–Crippen LogP) is 2.06. The van der Waals surface area contributed by atoms with Gasteiger partial charge in [-0.25, -0.2) is 0 Å². The molecule has 26 heavy (non-hydrogen) atoms. The van der Waals surface area contributed by atoms with Gasteiger partial charge in [0.1, 0.15) is 0 Å². The average molecular weight is 366 g/mol. The van der Waals surface area contributed by atoms with Crippen LogP contribution in [0.1, 0.15) is 58.8 Å². The van der Waals surface area contributed by atoms with Gasteiger partial charge in [-0.15, -0.1) is 0 Å². The maximum atomic E-state index is 12.3. The topological polar surface area (TPSA) is 60.0 Å². The van der Waals surface area contributed by atoms with Crippen LogP contribution in [0, 0.1) is 5.92 Å².